The van der Waals surface area contributed by atoms with E-state index < -0.39 is 0 Å². The van der Waals surface area contributed by atoms with Crippen molar-refractivity contribution in [2.75, 3.05) is 7.11 Å². The fourth-order valence-electron chi connectivity index (χ4n) is 1.88. The molecule has 0 fully saturated rings. The van der Waals surface area contributed by atoms with Crippen molar-refractivity contribution in [1.82, 2.24) is 14.4 Å². The zero-order valence-electron chi connectivity index (χ0n) is 9.37. The van der Waals surface area contributed by atoms with E-state index in [0.29, 0.717) is 0 Å². The van der Waals surface area contributed by atoms with Gasteiger partial charge in [-0.25, -0.2) is 4.98 Å². The number of hydrogen-bond donors (Lipinski definition) is 0. The molecule has 4 heteroatoms. The van der Waals surface area contributed by atoms with Crippen LogP contribution in [0.25, 0.3) is 16.9 Å². The monoisotopic (exact) mass is 225 g/mol. The normalized spacial score (nSPS) is 10.6. The molecule has 0 unspecified atom stereocenters. The van der Waals surface area contributed by atoms with Crippen LogP contribution in [0.5, 0.6) is 5.88 Å². The summed E-state index contributed by atoms with van der Waals surface area (Å²) >= 11 is 0. The highest BCUT2D eigenvalue weighted by Gasteiger charge is 2.09. The number of methoxy groups -OCH3 is 1. The lowest BCUT2D eigenvalue weighted by Crippen LogP contribution is -1.95. The molecule has 3 rings (SSSR count). The van der Waals surface area contributed by atoms with E-state index in [4.69, 9.17) is 4.74 Å². The van der Waals surface area contributed by atoms with Crippen molar-refractivity contribution in [2.24, 2.45) is 0 Å². The number of fused-ring (bicyclic) bond motifs is 1. The van der Waals surface area contributed by atoms with Crippen LogP contribution in [0.4, 0.5) is 0 Å². The highest BCUT2D eigenvalue weighted by atomic mass is 16.5. The largest absolute Gasteiger partial charge is 0.482 e. The van der Waals surface area contributed by atoms with E-state index in [9.17, 15) is 0 Å². The third kappa shape index (κ3) is 1.54. The van der Waals surface area contributed by atoms with Crippen molar-refractivity contribution in [2.45, 2.75) is 0 Å². The molecule has 4 nitrogen and oxygen atoms in total. The fourth-order valence-corrected chi connectivity index (χ4v) is 1.88. The minimum absolute atomic E-state index is 0.770. The Kier molecular flexibility index (Phi) is 2.26. The van der Waals surface area contributed by atoms with Gasteiger partial charge < -0.3 is 4.74 Å². The Morgan fingerprint density at radius 3 is 2.71 bits per heavy atom. The van der Waals surface area contributed by atoms with E-state index >= 15 is 0 Å². The summed E-state index contributed by atoms with van der Waals surface area (Å²) in [6.45, 7) is 0. The summed E-state index contributed by atoms with van der Waals surface area (Å²) in [6, 6.07) is 9.73. The number of pyridine rings is 2. The van der Waals surface area contributed by atoms with Crippen LogP contribution < -0.4 is 4.74 Å². The maximum atomic E-state index is 5.36. The van der Waals surface area contributed by atoms with Crippen LogP contribution in [0.3, 0.4) is 0 Å². The minimum atomic E-state index is 0.770. The van der Waals surface area contributed by atoms with Gasteiger partial charge >= 0.3 is 0 Å². The van der Waals surface area contributed by atoms with Crippen LogP contribution in [0.2, 0.25) is 0 Å². The molecule has 0 aliphatic heterocycles. The van der Waals surface area contributed by atoms with Crippen molar-refractivity contribution < 1.29 is 4.74 Å². The van der Waals surface area contributed by atoms with Crippen LogP contribution in [-0.4, -0.2) is 21.5 Å². The van der Waals surface area contributed by atoms with Gasteiger partial charge in [-0.15, -0.1) is 0 Å². The van der Waals surface area contributed by atoms with E-state index in [-0.39, 0.29) is 0 Å². The third-order valence-electron chi connectivity index (χ3n) is 2.66. The van der Waals surface area contributed by atoms with Gasteiger partial charge in [-0.2, -0.15) is 0 Å². The summed E-state index contributed by atoms with van der Waals surface area (Å²) in [4.78, 5) is 8.44. The molecule has 0 aliphatic carbocycles. The first-order valence-corrected chi connectivity index (χ1v) is 5.31. The quantitative estimate of drug-likeness (QED) is 0.672. The molecule has 3 aromatic heterocycles. The summed E-state index contributed by atoms with van der Waals surface area (Å²) in [6.07, 6.45) is 5.34. The molecule has 0 aromatic carbocycles. The highest BCUT2D eigenvalue weighted by Crippen LogP contribution is 2.24. The molecule has 0 N–H and O–H groups in total. The van der Waals surface area contributed by atoms with Crippen molar-refractivity contribution in [3.05, 3.63) is 48.9 Å². The average molecular weight is 225 g/mol. The number of aromatic nitrogens is 3. The molecule has 0 amide bonds. The van der Waals surface area contributed by atoms with Gasteiger partial charge in [0.05, 0.1) is 18.8 Å². The zero-order valence-corrected chi connectivity index (χ0v) is 9.37. The van der Waals surface area contributed by atoms with E-state index in [0.717, 1.165) is 22.8 Å². The first kappa shape index (κ1) is 9.84. The van der Waals surface area contributed by atoms with Gasteiger partial charge in [-0.05, 0) is 24.3 Å². The van der Waals surface area contributed by atoms with Crippen LogP contribution in [-0.2, 0) is 0 Å². The van der Waals surface area contributed by atoms with Crippen LogP contribution in [0, 0.1) is 0 Å². The lowest BCUT2D eigenvalue weighted by molar-refractivity contribution is 0.393. The summed E-state index contributed by atoms with van der Waals surface area (Å²) in [7, 11) is 1.66. The SMILES string of the molecule is COc1cccc2cnc(-c3ccncc3)n12. The molecule has 3 aromatic rings. The Morgan fingerprint density at radius 2 is 1.94 bits per heavy atom. The summed E-state index contributed by atoms with van der Waals surface area (Å²) in [5.41, 5.74) is 2.03. The number of nitrogens with zero attached hydrogens (tertiary/aromatic N) is 3. The smallest absolute Gasteiger partial charge is 0.199 e. The molecule has 0 atom stereocenters. The van der Waals surface area contributed by atoms with E-state index in [1.54, 1.807) is 19.5 Å². The summed E-state index contributed by atoms with van der Waals surface area (Å²) < 4.78 is 7.34. The Bertz CT molecular complexity index is 646. The van der Waals surface area contributed by atoms with Crippen LogP contribution in [0.15, 0.2) is 48.9 Å². The number of hydrogen-bond acceptors (Lipinski definition) is 3. The van der Waals surface area contributed by atoms with Crippen molar-refractivity contribution in [3.8, 4) is 17.3 Å². The zero-order chi connectivity index (χ0) is 11.7. The van der Waals surface area contributed by atoms with E-state index in [1.165, 1.54) is 0 Å². The Hall–Kier alpha value is -2.36. The predicted molar refractivity (Wildman–Crippen MR) is 65.0 cm³/mol. The molecule has 0 aliphatic rings. The second-order valence-electron chi connectivity index (χ2n) is 3.65. The van der Waals surface area contributed by atoms with Gasteiger partial charge in [0.2, 0.25) is 0 Å². The molecular formula is C13H11N3O. The standard InChI is InChI=1S/C13H11N3O/c1-17-12-4-2-3-11-9-15-13(16(11)12)10-5-7-14-8-6-10/h2-9H,1H3. The molecule has 3 heterocycles. The van der Waals surface area contributed by atoms with Crippen LogP contribution >= 0.6 is 0 Å². The molecule has 84 valence electrons. The minimum Gasteiger partial charge on any atom is -0.482 e. The second kappa shape index (κ2) is 3.90. The molecule has 17 heavy (non-hydrogen) atoms. The van der Waals surface area contributed by atoms with Gasteiger partial charge in [0, 0.05) is 18.0 Å². The first-order valence-electron chi connectivity index (χ1n) is 5.31. The molecule has 0 spiro atoms. The fraction of sp³-hybridized carbons (Fsp3) is 0.0769. The van der Waals surface area contributed by atoms with Crippen molar-refractivity contribution in [3.63, 3.8) is 0 Å². The van der Waals surface area contributed by atoms with E-state index in [1.807, 2.05) is 40.9 Å². The molecule has 0 saturated carbocycles. The number of imidazole rings is 1. The van der Waals surface area contributed by atoms with Crippen molar-refractivity contribution in [1.29, 1.82) is 0 Å². The summed E-state index contributed by atoms with van der Waals surface area (Å²) in [5, 5.41) is 0. The number of rotatable bonds is 2. The molecular weight excluding hydrogens is 214 g/mol. The predicted octanol–water partition coefficient (Wildman–Crippen LogP) is 2.40. The highest BCUT2D eigenvalue weighted by molar-refractivity contribution is 5.63. The maximum absolute atomic E-state index is 5.36. The van der Waals surface area contributed by atoms with Gasteiger partial charge in [-0.1, -0.05) is 6.07 Å². The maximum Gasteiger partial charge on any atom is 0.199 e. The average Bonchev–Trinajstić information content (AvgIpc) is 2.83. The molecule has 0 bridgehead atoms. The van der Waals surface area contributed by atoms with Gasteiger partial charge in [0.25, 0.3) is 0 Å². The Labute approximate surface area is 98.5 Å². The van der Waals surface area contributed by atoms with Crippen molar-refractivity contribution >= 4 is 5.52 Å². The van der Waals surface area contributed by atoms with Gasteiger partial charge in [0.1, 0.15) is 5.82 Å². The number of ether oxygens (including phenoxy) is 1. The van der Waals surface area contributed by atoms with Gasteiger partial charge in [-0.3, -0.25) is 9.38 Å². The first-order chi connectivity index (χ1) is 8.40. The third-order valence-corrected chi connectivity index (χ3v) is 2.66. The van der Waals surface area contributed by atoms with E-state index in [2.05, 4.69) is 9.97 Å². The van der Waals surface area contributed by atoms with Gasteiger partial charge in [0.15, 0.2) is 5.88 Å². The molecule has 0 radical (unpaired) electrons. The Balaban J connectivity index is 2.31. The topological polar surface area (TPSA) is 39.4 Å². The van der Waals surface area contributed by atoms with Crippen LogP contribution in [0.1, 0.15) is 0 Å². The Morgan fingerprint density at radius 1 is 1.12 bits per heavy atom. The lowest BCUT2D eigenvalue weighted by atomic mass is 10.2. The second-order valence-corrected chi connectivity index (χ2v) is 3.65. The molecule has 0 saturated heterocycles. The summed E-state index contributed by atoms with van der Waals surface area (Å²) in [5.74, 6) is 1.63. The lowest BCUT2D eigenvalue weighted by Gasteiger charge is -2.06.